The van der Waals surface area contributed by atoms with Gasteiger partial charge in [0.15, 0.2) is 5.78 Å². The molecule has 0 amide bonds. The molecule has 1 heterocycles. The van der Waals surface area contributed by atoms with Crippen LogP contribution >= 0.6 is 0 Å². The van der Waals surface area contributed by atoms with Gasteiger partial charge in [0.25, 0.3) is 0 Å². The Morgan fingerprint density at radius 3 is 2.60 bits per heavy atom. The molecule has 3 aromatic rings. The van der Waals surface area contributed by atoms with Gasteiger partial charge in [0.05, 0.1) is 0 Å². The zero-order chi connectivity index (χ0) is 14.1. The van der Waals surface area contributed by atoms with Crippen LogP contribution in [0.3, 0.4) is 0 Å². The molecular weight excluding hydrogens is 252 g/mol. The Hall–Kier alpha value is -2.55. The highest BCUT2D eigenvalue weighted by Gasteiger charge is 2.15. The summed E-state index contributed by atoms with van der Waals surface area (Å²) >= 11 is 0. The van der Waals surface area contributed by atoms with E-state index >= 15 is 0 Å². The summed E-state index contributed by atoms with van der Waals surface area (Å²) in [5.41, 5.74) is 1.90. The van der Waals surface area contributed by atoms with Gasteiger partial charge in [0.2, 0.25) is 0 Å². The number of carbonyl (C=O) groups excluding carboxylic acids is 1. The molecule has 3 heteroatoms. The van der Waals surface area contributed by atoms with Crippen molar-refractivity contribution in [3.63, 3.8) is 0 Å². The van der Waals surface area contributed by atoms with Crippen LogP contribution in [-0.2, 0) is 6.42 Å². The summed E-state index contributed by atoms with van der Waals surface area (Å²) in [5.74, 6) is 0.946. The lowest BCUT2D eigenvalue weighted by Crippen LogP contribution is -2.01. The highest BCUT2D eigenvalue weighted by molar-refractivity contribution is 6.15. The first-order valence-corrected chi connectivity index (χ1v) is 6.54. The second kappa shape index (κ2) is 4.85. The SMILES string of the molecule is CCc1cc2c(C(=O)c3ccc(O)cc3)cccc2o1. The topological polar surface area (TPSA) is 50.4 Å². The smallest absolute Gasteiger partial charge is 0.193 e. The van der Waals surface area contributed by atoms with E-state index in [1.54, 1.807) is 18.2 Å². The monoisotopic (exact) mass is 266 g/mol. The molecule has 20 heavy (non-hydrogen) atoms. The van der Waals surface area contributed by atoms with E-state index in [0.29, 0.717) is 11.1 Å². The van der Waals surface area contributed by atoms with Crippen LogP contribution < -0.4 is 0 Å². The zero-order valence-corrected chi connectivity index (χ0v) is 11.1. The van der Waals surface area contributed by atoms with Crippen LogP contribution in [0.15, 0.2) is 52.9 Å². The fraction of sp³-hybridized carbons (Fsp3) is 0.118. The minimum Gasteiger partial charge on any atom is -0.508 e. The van der Waals surface area contributed by atoms with E-state index in [9.17, 15) is 9.90 Å². The number of phenols is 1. The molecule has 0 unspecified atom stereocenters. The summed E-state index contributed by atoms with van der Waals surface area (Å²) in [6.07, 6.45) is 0.793. The number of hydrogen-bond acceptors (Lipinski definition) is 3. The average Bonchev–Trinajstić information content (AvgIpc) is 2.90. The van der Waals surface area contributed by atoms with E-state index < -0.39 is 0 Å². The maximum atomic E-state index is 12.5. The van der Waals surface area contributed by atoms with Gasteiger partial charge < -0.3 is 9.52 Å². The predicted octanol–water partition coefficient (Wildman–Crippen LogP) is 3.93. The van der Waals surface area contributed by atoms with Gasteiger partial charge in [0.1, 0.15) is 17.1 Å². The van der Waals surface area contributed by atoms with Gasteiger partial charge in [0, 0.05) is 22.9 Å². The van der Waals surface area contributed by atoms with Crippen LogP contribution in [0.25, 0.3) is 11.0 Å². The van der Waals surface area contributed by atoms with Crippen molar-refractivity contribution in [2.45, 2.75) is 13.3 Å². The molecule has 0 fully saturated rings. The summed E-state index contributed by atoms with van der Waals surface area (Å²) in [5, 5.41) is 10.1. The van der Waals surface area contributed by atoms with E-state index in [4.69, 9.17) is 4.42 Å². The minimum atomic E-state index is -0.0703. The lowest BCUT2D eigenvalue weighted by molar-refractivity contribution is 0.104. The molecule has 0 aliphatic rings. The van der Waals surface area contributed by atoms with Crippen molar-refractivity contribution in [3.8, 4) is 5.75 Å². The van der Waals surface area contributed by atoms with Crippen molar-refractivity contribution >= 4 is 16.8 Å². The lowest BCUT2D eigenvalue weighted by atomic mass is 10.00. The number of aryl methyl sites for hydroxylation is 1. The summed E-state index contributed by atoms with van der Waals surface area (Å²) in [6.45, 7) is 2.01. The minimum absolute atomic E-state index is 0.0703. The Kier molecular flexibility index (Phi) is 3.03. The van der Waals surface area contributed by atoms with Gasteiger partial charge in [-0.25, -0.2) is 0 Å². The summed E-state index contributed by atoms with van der Waals surface area (Å²) < 4.78 is 5.67. The van der Waals surface area contributed by atoms with E-state index in [2.05, 4.69) is 0 Å². The molecule has 2 aromatic carbocycles. The number of phenolic OH excluding ortho intramolecular Hbond substituents is 1. The summed E-state index contributed by atoms with van der Waals surface area (Å²) in [6, 6.07) is 13.7. The maximum Gasteiger partial charge on any atom is 0.193 e. The molecule has 0 radical (unpaired) electrons. The Bertz CT molecular complexity index is 767. The van der Waals surface area contributed by atoms with Gasteiger partial charge in [-0.2, -0.15) is 0 Å². The summed E-state index contributed by atoms with van der Waals surface area (Å²) in [4.78, 5) is 12.5. The third-order valence-electron chi connectivity index (χ3n) is 3.34. The van der Waals surface area contributed by atoms with E-state index in [1.165, 1.54) is 12.1 Å². The largest absolute Gasteiger partial charge is 0.508 e. The van der Waals surface area contributed by atoms with Crippen molar-refractivity contribution in [1.82, 2.24) is 0 Å². The standard InChI is InChI=1S/C17H14O3/c1-2-13-10-15-14(4-3-5-16(15)20-13)17(19)11-6-8-12(18)9-7-11/h3-10,18H,2H2,1H3. The van der Waals surface area contributed by atoms with Gasteiger partial charge in [-0.1, -0.05) is 19.1 Å². The van der Waals surface area contributed by atoms with Gasteiger partial charge >= 0.3 is 0 Å². The Balaban J connectivity index is 2.11. The second-order valence-corrected chi connectivity index (χ2v) is 4.66. The van der Waals surface area contributed by atoms with Crippen molar-refractivity contribution < 1.29 is 14.3 Å². The van der Waals surface area contributed by atoms with Crippen LogP contribution in [0.5, 0.6) is 5.75 Å². The average molecular weight is 266 g/mol. The fourth-order valence-electron chi connectivity index (χ4n) is 2.25. The molecule has 3 rings (SSSR count). The number of carbonyl (C=O) groups is 1. The fourth-order valence-corrected chi connectivity index (χ4v) is 2.25. The van der Waals surface area contributed by atoms with E-state index in [0.717, 1.165) is 23.2 Å². The highest BCUT2D eigenvalue weighted by atomic mass is 16.3. The lowest BCUT2D eigenvalue weighted by Gasteiger charge is -2.02. The van der Waals surface area contributed by atoms with Crippen LogP contribution in [0.1, 0.15) is 28.6 Å². The van der Waals surface area contributed by atoms with Gasteiger partial charge in [-0.15, -0.1) is 0 Å². The van der Waals surface area contributed by atoms with E-state index in [1.807, 2.05) is 25.1 Å². The molecule has 100 valence electrons. The normalized spacial score (nSPS) is 10.8. The first kappa shape index (κ1) is 12.5. The predicted molar refractivity (Wildman–Crippen MR) is 77.1 cm³/mol. The Labute approximate surface area is 116 Å². The third kappa shape index (κ3) is 2.07. The van der Waals surface area contributed by atoms with Crippen LogP contribution in [0.4, 0.5) is 0 Å². The van der Waals surface area contributed by atoms with Gasteiger partial charge in [-0.3, -0.25) is 4.79 Å². The number of hydrogen-bond donors (Lipinski definition) is 1. The van der Waals surface area contributed by atoms with Gasteiger partial charge in [-0.05, 0) is 36.4 Å². The molecule has 0 atom stereocenters. The molecule has 0 aliphatic carbocycles. The highest BCUT2D eigenvalue weighted by Crippen LogP contribution is 2.25. The Morgan fingerprint density at radius 1 is 1.15 bits per heavy atom. The van der Waals surface area contributed by atoms with Crippen molar-refractivity contribution in [1.29, 1.82) is 0 Å². The quantitative estimate of drug-likeness (QED) is 0.731. The molecular formula is C17H14O3. The molecule has 0 bridgehead atoms. The number of rotatable bonds is 3. The molecule has 0 aliphatic heterocycles. The molecule has 0 saturated carbocycles. The number of fused-ring (bicyclic) bond motifs is 1. The zero-order valence-electron chi connectivity index (χ0n) is 11.1. The van der Waals surface area contributed by atoms with E-state index in [-0.39, 0.29) is 11.5 Å². The van der Waals surface area contributed by atoms with Crippen LogP contribution in [0.2, 0.25) is 0 Å². The molecule has 0 spiro atoms. The number of benzene rings is 2. The number of furan rings is 1. The number of aromatic hydroxyl groups is 1. The maximum absolute atomic E-state index is 12.5. The van der Waals surface area contributed by atoms with Crippen LogP contribution in [0, 0.1) is 0 Å². The summed E-state index contributed by atoms with van der Waals surface area (Å²) in [7, 11) is 0. The molecule has 3 nitrogen and oxygen atoms in total. The van der Waals surface area contributed by atoms with Crippen molar-refractivity contribution in [2.24, 2.45) is 0 Å². The first-order chi connectivity index (χ1) is 9.69. The van der Waals surface area contributed by atoms with Crippen LogP contribution in [-0.4, -0.2) is 10.9 Å². The molecule has 1 N–H and O–H groups in total. The van der Waals surface area contributed by atoms with Crippen molar-refractivity contribution in [3.05, 3.63) is 65.4 Å². The Morgan fingerprint density at radius 2 is 1.90 bits per heavy atom. The third-order valence-corrected chi connectivity index (χ3v) is 3.34. The number of ketones is 1. The second-order valence-electron chi connectivity index (χ2n) is 4.66. The molecule has 0 saturated heterocycles. The van der Waals surface area contributed by atoms with Crippen molar-refractivity contribution in [2.75, 3.05) is 0 Å². The first-order valence-electron chi connectivity index (χ1n) is 6.54. The molecule has 1 aromatic heterocycles.